The number of nitrogens with one attached hydrogen (secondary N) is 1. The van der Waals surface area contributed by atoms with E-state index in [2.05, 4.69) is 58.1 Å². The summed E-state index contributed by atoms with van der Waals surface area (Å²) >= 11 is 0. The van der Waals surface area contributed by atoms with Gasteiger partial charge in [-0.25, -0.2) is 0 Å². The van der Waals surface area contributed by atoms with Crippen molar-refractivity contribution in [2.24, 2.45) is 0 Å². The highest BCUT2D eigenvalue weighted by Crippen LogP contribution is 2.28. The molecule has 2 heterocycles. The molecule has 1 fully saturated rings. The van der Waals surface area contributed by atoms with E-state index in [1.165, 1.54) is 5.69 Å². The lowest BCUT2D eigenvalue weighted by Crippen LogP contribution is -2.48. The third-order valence-corrected chi connectivity index (χ3v) is 4.24. The van der Waals surface area contributed by atoms with Crippen LogP contribution in [0.25, 0.3) is 11.1 Å². The van der Waals surface area contributed by atoms with Gasteiger partial charge in [0.2, 0.25) is 0 Å². The predicted octanol–water partition coefficient (Wildman–Crippen LogP) is 2.19. The van der Waals surface area contributed by atoms with E-state index >= 15 is 0 Å². The van der Waals surface area contributed by atoms with E-state index < -0.39 is 0 Å². The van der Waals surface area contributed by atoms with Gasteiger partial charge in [-0.15, -0.1) is 0 Å². The molecule has 1 aliphatic rings. The second-order valence-corrected chi connectivity index (χ2v) is 5.86. The zero-order valence-corrected chi connectivity index (χ0v) is 12.7. The first-order chi connectivity index (χ1) is 10.1. The SMILES string of the molecule is CC(C)N1CCN(c2cccc(-c3cn[nH]c3N)c2)CC1. The van der Waals surface area contributed by atoms with Crippen LogP contribution >= 0.6 is 0 Å². The van der Waals surface area contributed by atoms with Crippen LogP contribution < -0.4 is 10.6 Å². The number of hydrogen-bond acceptors (Lipinski definition) is 4. The van der Waals surface area contributed by atoms with Gasteiger partial charge in [0.25, 0.3) is 0 Å². The number of rotatable bonds is 3. The lowest BCUT2D eigenvalue weighted by molar-refractivity contribution is 0.209. The van der Waals surface area contributed by atoms with Crippen LogP contribution in [0.2, 0.25) is 0 Å². The molecule has 0 spiro atoms. The highest BCUT2D eigenvalue weighted by Gasteiger charge is 2.19. The molecule has 0 radical (unpaired) electrons. The number of hydrogen-bond donors (Lipinski definition) is 2. The maximum atomic E-state index is 5.91. The van der Waals surface area contributed by atoms with E-state index in [0.29, 0.717) is 11.9 Å². The summed E-state index contributed by atoms with van der Waals surface area (Å²) < 4.78 is 0. The van der Waals surface area contributed by atoms with Crippen LogP contribution in [0, 0.1) is 0 Å². The molecule has 2 aromatic rings. The predicted molar refractivity (Wildman–Crippen MR) is 87.4 cm³/mol. The number of anilines is 2. The first kappa shape index (κ1) is 13.9. The minimum absolute atomic E-state index is 0.622. The van der Waals surface area contributed by atoms with Gasteiger partial charge in [0.05, 0.1) is 6.20 Å². The van der Waals surface area contributed by atoms with Gasteiger partial charge in [0.15, 0.2) is 0 Å². The molecule has 0 unspecified atom stereocenters. The van der Waals surface area contributed by atoms with Crippen molar-refractivity contribution < 1.29 is 0 Å². The van der Waals surface area contributed by atoms with E-state index in [0.717, 1.165) is 37.3 Å². The fourth-order valence-corrected chi connectivity index (χ4v) is 2.89. The lowest BCUT2D eigenvalue weighted by atomic mass is 10.1. The number of benzene rings is 1. The monoisotopic (exact) mass is 285 g/mol. The number of aromatic amines is 1. The summed E-state index contributed by atoms with van der Waals surface area (Å²) in [4.78, 5) is 4.97. The molecule has 112 valence electrons. The van der Waals surface area contributed by atoms with Crippen molar-refractivity contribution in [3.63, 3.8) is 0 Å². The van der Waals surface area contributed by atoms with Gasteiger partial charge in [0, 0.05) is 43.5 Å². The first-order valence-electron chi connectivity index (χ1n) is 7.53. The third-order valence-electron chi connectivity index (χ3n) is 4.24. The van der Waals surface area contributed by atoms with E-state index in [-0.39, 0.29) is 0 Å². The normalized spacial score (nSPS) is 16.6. The van der Waals surface area contributed by atoms with Crippen molar-refractivity contribution in [1.82, 2.24) is 15.1 Å². The number of nitrogens with zero attached hydrogens (tertiary/aromatic N) is 3. The third kappa shape index (κ3) is 2.88. The Morgan fingerprint density at radius 2 is 1.95 bits per heavy atom. The quantitative estimate of drug-likeness (QED) is 0.907. The molecule has 1 aliphatic heterocycles. The maximum Gasteiger partial charge on any atom is 0.126 e. The summed E-state index contributed by atoms with van der Waals surface area (Å²) in [5.41, 5.74) is 9.26. The van der Waals surface area contributed by atoms with Crippen molar-refractivity contribution in [1.29, 1.82) is 0 Å². The summed E-state index contributed by atoms with van der Waals surface area (Å²) in [6.07, 6.45) is 1.78. The zero-order chi connectivity index (χ0) is 14.8. The molecule has 0 amide bonds. The molecule has 5 heteroatoms. The Kier molecular flexibility index (Phi) is 3.84. The molecule has 0 bridgehead atoms. The lowest BCUT2D eigenvalue weighted by Gasteiger charge is -2.38. The van der Waals surface area contributed by atoms with Gasteiger partial charge in [-0.2, -0.15) is 5.10 Å². The molecular weight excluding hydrogens is 262 g/mol. The molecule has 3 rings (SSSR count). The second kappa shape index (κ2) is 5.77. The van der Waals surface area contributed by atoms with Gasteiger partial charge in [-0.05, 0) is 31.5 Å². The highest BCUT2D eigenvalue weighted by atomic mass is 15.3. The van der Waals surface area contributed by atoms with E-state index in [4.69, 9.17) is 5.73 Å². The van der Waals surface area contributed by atoms with Crippen molar-refractivity contribution in [2.75, 3.05) is 36.8 Å². The summed E-state index contributed by atoms with van der Waals surface area (Å²) in [7, 11) is 0. The van der Waals surface area contributed by atoms with Gasteiger partial charge < -0.3 is 10.6 Å². The van der Waals surface area contributed by atoms with Crippen molar-refractivity contribution in [3.8, 4) is 11.1 Å². The number of nitrogens with two attached hydrogens (primary N) is 1. The van der Waals surface area contributed by atoms with Gasteiger partial charge in [0.1, 0.15) is 5.82 Å². The Bertz CT molecular complexity index is 596. The fourth-order valence-electron chi connectivity index (χ4n) is 2.89. The van der Waals surface area contributed by atoms with Crippen LogP contribution in [0.15, 0.2) is 30.5 Å². The van der Waals surface area contributed by atoms with Crippen molar-refractivity contribution in [3.05, 3.63) is 30.5 Å². The highest BCUT2D eigenvalue weighted by molar-refractivity contribution is 5.75. The molecule has 1 aromatic heterocycles. The number of H-pyrrole nitrogens is 1. The van der Waals surface area contributed by atoms with E-state index in [1.54, 1.807) is 6.20 Å². The Morgan fingerprint density at radius 1 is 1.19 bits per heavy atom. The van der Waals surface area contributed by atoms with Gasteiger partial charge >= 0.3 is 0 Å². The molecular formula is C16H23N5. The molecule has 3 N–H and O–H groups in total. The van der Waals surface area contributed by atoms with Crippen LogP contribution in [0.3, 0.4) is 0 Å². The molecule has 0 saturated carbocycles. The van der Waals surface area contributed by atoms with Crippen LogP contribution in [0.5, 0.6) is 0 Å². The van der Waals surface area contributed by atoms with Gasteiger partial charge in [-0.1, -0.05) is 12.1 Å². The average molecular weight is 285 g/mol. The minimum atomic E-state index is 0.622. The van der Waals surface area contributed by atoms with Crippen LogP contribution in [-0.4, -0.2) is 47.3 Å². The van der Waals surface area contributed by atoms with Crippen LogP contribution in [-0.2, 0) is 0 Å². The molecule has 0 aliphatic carbocycles. The van der Waals surface area contributed by atoms with E-state index in [1.807, 2.05) is 0 Å². The topological polar surface area (TPSA) is 61.2 Å². The first-order valence-corrected chi connectivity index (χ1v) is 7.53. The Balaban J connectivity index is 1.77. The molecule has 1 saturated heterocycles. The van der Waals surface area contributed by atoms with Crippen molar-refractivity contribution >= 4 is 11.5 Å². The summed E-state index contributed by atoms with van der Waals surface area (Å²) in [5, 5.41) is 6.79. The largest absolute Gasteiger partial charge is 0.384 e. The molecule has 21 heavy (non-hydrogen) atoms. The summed E-state index contributed by atoms with van der Waals surface area (Å²) in [6, 6.07) is 9.17. The molecule has 0 atom stereocenters. The second-order valence-electron chi connectivity index (χ2n) is 5.86. The number of piperazine rings is 1. The summed E-state index contributed by atoms with van der Waals surface area (Å²) in [6.45, 7) is 8.91. The number of nitrogen functional groups attached to an aromatic ring is 1. The molecule has 1 aromatic carbocycles. The standard InChI is InChI=1S/C16H23N5/c1-12(2)20-6-8-21(9-7-20)14-5-3-4-13(10-14)15-11-18-19-16(15)17/h3-5,10-12H,6-9H2,1-2H3,(H3,17,18,19). The minimum Gasteiger partial charge on any atom is -0.384 e. The maximum absolute atomic E-state index is 5.91. The van der Waals surface area contributed by atoms with Crippen LogP contribution in [0.4, 0.5) is 11.5 Å². The summed E-state index contributed by atoms with van der Waals surface area (Å²) in [5.74, 6) is 0.622. The Labute approximate surface area is 125 Å². The Hall–Kier alpha value is -2.01. The zero-order valence-electron chi connectivity index (χ0n) is 12.7. The fraction of sp³-hybridized carbons (Fsp3) is 0.438. The molecule has 5 nitrogen and oxygen atoms in total. The van der Waals surface area contributed by atoms with Gasteiger partial charge in [-0.3, -0.25) is 10.00 Å². The smallest absolute Gasteiger partial charge is 0.126 e. The van der Waals surface area contributed by atoms with Crippen LogP contribution in [0.1, 0.15) is 13.8 Å². The Morgan fingerprint density at radius 3 is 2.57 bits per heavy atom. The van der Waals surface area contributed by atoms with Crippen molar-refractivity contribution in [2.45, 2.75) is 19.9 Å². The number of aromatic nitrogens is 2. The average Bonchev–Trinajstić information content (AvgIpc) is 2.94. The van der Waals surface area contributed by atoms with E-state index in [9.17, 15) is 0 Å².